The van der Waals surface area contributed by atoms with Crippen LogP contribution in [0.15, 0.2) is 72.8 Å². The Morgan fingerprint density at radius 1 is 0.912 bits per heavy atom. The number of carbonyl (C=O) groups excluding carboxylic acids is 1. The zero-order chi connectivity index (χ0) is 24.5. The number of hydrogen-bond acceptors (Lipinski definition) is 4. The van der Waals surface area contributed by atoms with Gasteiger partial charge in [-0.2, -0.15) is 13.2 Å². The molecule has 3 aromatic rings. The smallest absolute Gasteiger partial charge is 0.416 e. The maximum atomic E-state index is 13.3. The SMILES string of the molecule is NC(Cc1ccccc1C(F)(F)F)[C@@H](C(=O)O)C(=O)OCC1c2ccccc2-c2ccccc21. The monoisotopic (exact) mass is 469 g/mol. The quantitative estimate of drug-likeness (QED) is 0.389. The number of benzene rings is 3. The lowest BCUT2D eigenvalue weighted by atomic mass is 9.91. The molecule has 8 heteroatoms. The highest BCUT2D eigenvalue weighted by Crippen LogP contribution is 2.44. The Bertz CT molecular complexity index is 1180. The molecule has 1 aliphatic carbocycles. The van der Waals surface area contributed by atoms with E-state index in [2.05, 4.69) is 0 Å². The fourth-order valence-corrected chi connectivity index (χ4v) is 4.50. The van der Waals surface area contributed by atoms with Gasteiger partial charge in [-0.25, -0.2) is 0 Å². The van der Waals surface area contributed by atoms with Gasteiger partial charge in [-0.1, -0.05) is 66.7 Å². The molecule has 0 aromatic heterocycles. The second-order valence-electron chi connectivity index (χ2n) is 8.20. The highest BCUT2D eigenvalue weighted by Gasteiger charge is 2.38. The predicted molar refractivity (Wildman–Crippen MR) is 119 cm³/mol. The highest BCUT2D eigenvalue weighted by atomic mass is 19.4. The fourth-order valence-electron chi connectivity index (χ4n) is 4.50. The average Bonchev–Trinajstić information content (AvgIpc) is 3.11. The molecule has 3 N–H and O–H groups in total. The van der Waals surface area contributed by atoms with Crippen molar-refractivity contribution in [3.8, 4) is 11.1 Å². The minimum Gasteiger partial charge on any atom is -0.481 e. The number of rotatable bonds is 7. The van der Waals surface area contributed by atoms with Gasteiger partial charge in [-0.3, -0.25) is 9.59 Å². The van der Waals surface area contributed by atoms with Gasteiger partial charge < -0.3 is 15.6 Å². The van der Waals surface area contributed by atoms with Crippen molar-refractivity contribution in [2.45, 2.75) is 24.6 Å². The van der Waals surface area contributed by atoms with E-state index in [4.69, 9.17) is 10.5 Å². The molecule has 1 aliphatic rings. The van der Waals surface area contributed by atoms with Crippen molar-refractivity contribution in [2.24, 2.45) is 11.7 Å². The number of aliphatic carboxylic acids is 1. The van der Waals surface area contributed by atoms with Gasteiger partial charge in [-0.15, -0.1) is 0 Å². The van der Waals surface area contributed by atoms with Crippen LogP contribution in [0.1, 0.15) is 28.2 Å². The molecule has 176 valence electrons. The van der Waals surface area contributed by atoms with Crippen molar-refractivity contribution in [1.82, 2.24) is 0 Å². The molecule has 0 amide bonds. The van der Waals surface area contributed by atoms with Gasteiger partial charge in [0.15, 0.2) is 5.92 Å². The van der Waals surface area contributed by atoms with Crippen LogP contribution in [0.2, 0.25) is 0 Å². The molecule has 0 aliphatic heterocycles. The van der Waals surface area contributed by atoms with E-state index in [9.17, 15) is 27.9 Å². The van der Waals surface area contributed by atoms with E-state index in [0.717, 1.165) is 28.3 Å². The molecular formula is C26H22F3NO4. The van der Waals surface area contributed by atoms with Gasteiger partial charge in [0.25, 0.3) is 0 Å². The second kappa shape index (κ2) is 9.30. The van der Waals surface area contributed by atoms with Crippen LogP contribution >= 0.6 is 0 Å². The number of ether oxygens (including phenoxy) is 1. The number of halogens is 3. The normalized spacial score (nSPS) is 14.7. The fraction of sp³-hybridized carbons (Fsp3) is 0.231. The molecule has 34 heavy (non-hydrogen) atoms. The first-order chi connectivity index (χ1) is 16.2. The summed E-state index contributed by atoms with van der Waals surface area (Å²) >= 11 is 0. The Kier molecular flexibility index (Phi) is 6.43. The first-order valence-electron chi connectivity index (χ1n) is 10.7. The molecule has 0 spiro atoms. The molecule has 5 nitrogen and oxygen atoms in total. The number of nitrogens with two attached hydrogens (primary N) is 1. The summed E-state index contributed by atoms with van der Waals surface area (Å²) in [7, 11) is 0. The van der Waals surface area contributed by atoms with Crippen molar-refractivity contribution >= 4 is 11.9 Å². The van der Waals surface area contributed by atoms with Gasteiger partial charge in [0.05, 0.1) is 5.56 Å². The van der Waals surface area contributed by atoms with Crippen molar-refractivity contribution in [3.63, 3.8) is 0 Å². The Morgan fingerprint density at radius 3 is 2.00 bits per heavy atom. The number of hydrogen-bond donors (Lipinski definition) is 2. The molecule has 0 saturated carbocycles. The lowest BCUT2D eigenvalue weighted by Gasteiger charge is -2.22. The number of fused-ring (bicyclic) bond motifs is 3. The molecule has 2 atom stereocenters. The highest BCUT2D eigenvalue weighted by molar-refractivity contribution is 5.95. The molecule has 3 aromatic carbocycles. The maximum absolute atomic E-state index is 13.3. The van der Waals surface area contributed by atoms with Gasteiger partial charge >= 0.3 is 18.1 Å². The van der Waals surface area contributed by atoms with Gasteiger partial charge in [0.1, 0.15) is 6.61 Å². The van der Waals surface area contributed by atoms with Crippen molar-refractivity contribution in [2.75, 3.05) is 6.61 Å². The molecule has 1 unspecified atom stereocenters. The molecule has 0 heterocycles. The van der Waals surface area contributed by atoms with Crippen LogP contribution in [0.4, 0.5) is 13.2 Å². The Labute approximate surface area is 194 Å². The Morgan fingerprint density at radius 2 is 1.44 bits per heavy atom. The summed E-state index contributed by atoms with van der Waals surface area (Å²) in [6, 6.07) is 18.7. The largest absolute Gasteiger partial charge is 0.481 e. The van der Waals surface area contributed by atoms with Crippen LogP contribution in [0, 0.1) is 5.92 Å². The molecule has 4 rings (SSSR count). The molecule has 0 fully saturated rings. The predicted octanol–water partition coefficient (Wildman–Crippen LogP) is 4.63. The third-order valence-electron chi connectivity index (χ3n) is 6.08. The summed E-state index contributed by atoms with van der Waals surface area (Å²) in [5, 5.41) is 9.63. The second-order valence-corrected chi connectivity index (χ2v) is 8.20. The summed E-state index contributed by atoms with van der Waals surface area (Å²) in [5.74, 6) is -4.72. The van der Waals surface area contributed by atoms with E-state index in [1.807, 2.05) is 48.5 Å². The van der Waals surface area contributed by atoms with E-state index in [-0.39, 0.29) is 18.1 Å². The van der Waals surface area contributed by atoms with Crippen molar-refractivity contribution in [1.29, 1.82) is 0 Å². The molecule has 0 bridgehead atoms. The number of carbonyl (C=O) groups is 2. The Hall–Kier alpha value is -3.65. The molecular weight excluding hydrogens is 447 g/mol. The van der Waals surface area contributed by atoms with Gasteiger partial charge in [0.2, 0.25) is 0 Å². The molecule has 0 saturated heterocycles. The zero-order valence-electron chi connectivity index (χ0n) is 18.0. The van der Waals surface area contributed by atoms with Crippen LogP contribution in [-0.2, 0) is 26.9 Å². The van der Waals surface area contributed by atoms with Gasteiger partial charge in [-0.05, 0) is 40.3 Å². The van der Waals surface area contributed by atoms with E-state index in [1.54, 1.807) is 0 Å². The lowest BCUT2D eigenvalue weighted by molar-refractivity contribution is -0.159. The van der Waals surface area contributed by atoms with E-state index in [1.165, 1.54) is 18.2 Å². The van der Waals surface area contributed by atoms with E-state index >= 15 is 0 Å². The first-order valence-corrected chi connectivity index (χ1v) is 10.7. The van der Waals surface area contributed by atoms with Crippen LogP contribution in [0.3, 0.4) is 0 Å². The van der Waals surface area contributed by atoms with Crippen molar-refractivity contribution in [3.05, 3.63) is 95.1 Å². The third-order valence-corrected chi connectivity index (χ3v) is 6.08. The summed E-state index contributed by atoms with van der Waals surface area (Å²) in [6.45, 7) is -0.109. The summed E-state index contributed by atoms with van der Waals surface area (Å²) < 4.78 is 45.3. The summed E-state index contributed by atoms with van der Waals surface area (Å²) in [6.07, 6.45) is -5.07. The van der Waals surface area contributed by atoms with E-state index in [0.29, 0.717) is 0 Å². The van der Waals surface area contributed by atoms with Crippen LogP contribution in [0.5, 0.6) is 0 Å². The third kappa shape index (κ3) is 4.54. The number of carboxylic acid groups (broad SMARTS) is 1. The molecule has 0 radical (unpaired) electrons. The maximum Gasteiger partial charge on any atom is 0.416 e. The van der Waals surface area contributed by atoms with Crippen LogP contribution in [-0.4, -0.2) is 29.7 Å². The van der Waals surface area contributed by atoms with Crippen LogP contribution in [0.25, 0.3) is 11.1 Å². The van der Waals surface area contributed by atoms with Crippen molar-refractivity contribution < 1.29 is 32.6 Å². The van der Waals surface area contributed by atoms with E-state index < -0.39 is 42.1 Å². The number of alkyl halides is 3. The zero-order valence-corrected chi connectivity index (χ0v) is 18.0. The van der Waals surface area contributed by atoms with Crippen LogP contribution < -0.4 is 5.73 Å². The minimum atomic E-state index is -4.63. The lowest BCUT2D eigenvalue weighted by Crippen LogP contribution is -2.43. The standard InChI is InChI=1S/C26H22F3NO4/c27-26(28,29)21-12-6-1-7-15(21)13-22(30)23(24(31)32)25(33)34-14-20-18-10-4-2-8-16(18)17-9-3-5-11-19(17)20/h1-12,20,22-23H,13-14,30H2,(H,31,32)/t22?,23-/m0/s1. The summed E-state index contributed by atoms with van der Waals surface area (Å²) in [4.78, 5) is 24.6. The van der Waals surface area contributed by atoms with Gasteiger partial charge in [0, 0.05) is 12.0 Å². The number of carboxylic acids is 1. The average molecular weight is 469 g/mol. The minimum absolute atomic E-state index is 0.109. The number of esters is 1. The first kappa shape index (κ1) is 23.5. The Balaban J connectivity index is 1.51. The topological polar surface area (TPSA) is 89.6 Å². The summed E-state index contributed by atoms with van der Waals surface area (Å²) in [5.41, 5.74) is 8.78.